The SMILES string of the molecule is O=C(CN1C(=O)COc2ccc(S(=O)(=O)N3CCCCCC3)cc21)NC[C@H]1CCCO1. The first-order valence-corrected chi connectivity index (χ1v) is 12.3. The molecule has 3 aliphatic heterocycles. The number of rotatable bonds is 6. The van der Waals surface area contributed by atoms with Crippen LogP contribution in [-0.4, -0.2) is 70.0 Å². The second kappa shape index (κ2) is 9.54. The summed E-state index contributed by atoms with van der Waals surface area (Å²) in [6.45, 7) is 1.69. The summed E-state index contributed by atoms with van der Waals surface area (Å²) in [4.78, 5) is 26.4. The first-order chi connectivity index (χ1) is 14.9. The minimum Gasteiger partial charge on any atom is -0.482 e. The highest BCUT2D eigenvalue weighted by Gasteiger charge is 2.31. The van der Waals surface area contributed by atoms with Crippen molar-refractivity contribution in [2.75, 3.05) is 44.3 Å². The van der Waals surface area contributed by atoms with Crippen molar-refractivity contribution in [3.8, 4) is 5.75 Å². The maximum atomic E-state index is 13.2. The monoisotopic (exact) mass is 451 g/mol. The van der Waals surface area contributed by atoms with Crippen molar-refractivity contribution in [2.45, 2.75) is 49.5 Å². The van der Waals surface area contributed by atoms with Gasteiger partial charge in [0.15, 0.2) is 6.61 Å². The van der Waals surface area contributed by atoms with Gasteiger partial charge in [0.1, 0.15) is 12.3 Å². The molecule has 1 aromatic rings. The standard InChI is InChI=1S/C21H29N3O6S/c25-20(22-13-16-6-5-11-29-16)14-24-18-12-17(7-8-19(18)30-15-21(24)26)31(27,28)23-9-3-1-2-4-10-23/h7-8,12,16H,1-6,9-11,13-15H2,(H,22,25)/t16-/m1/s1. The Morgan fingerprint density at radius 2 is 1.90 bits per heavy atom. The minimum atomic E-state index is -3.69. The second-order valence-electron chi connectivity index (χ2n) is 8.16. The number of sulfonamides is 1. The highest BCUT2D eigenvalue weighted by Crippen LogP contribution is 2.35. The number of hydrogen-bond donors (Lipinski definition) is 1. The van der Waals surface area contributed by atoms with E-state index in [1.807, 2.05) is 0 Å². The van der Waals surface area contributed by atoms with E-state index >= 15 is 0 Å². The van der Waals surface area contributed by atoms with Gasteiger partial charge in [0, 0.05) is 26.2 Å². The lowest BCUT2D eigenvalue weighted by Gasteiger charge is -2.30. The number of benzene rings is 1. The molecule has 3 heterocycles. The molecule has 4 rings (SSSR count). The van der Waals surface area contributed by atoms with Gasteiger partial charge in [0.05, 0.1) is 16.7 Å². The van der Waals surface area contributed by atoms with E-state index in [9.17, 15) is 18.0 Å². The molecule has 2 saturated heterocycles. The van der Waals surface area contributed by atoms with Crippen LogP contribution in [0.25, 0.3) is 0 Å². The average molecular weight is 452 g/mol. The van der Waals surface area contributed by atoms with Gasteiger partial charge in [-0.3, -0.25) is 14.5 Å². The van der Waals surface area contributed by atoms with Gasteiger partial charge >= 0.3 is 0 Å². The van der Waals surface area contributed by atoms with Crippen molar-refractivity contribution >= 4 is 27.5 Å². The van der Waals surface area contributed by atoms with Crippen LogP contribution in [0.5, 0.6) is 5.75 Å². The lowest BCUT2D eigenvalue weighted by atomic mass is 10.2. The summed E-state index contributed by atoms with van der Waals surface area (Å²) in [6, 6.07) is 4.51. The van der Waals surface area contributed by atoms with Gasteiger partial charge < -0.3 is 14.8 Å². The summed E-state index contributed by atoms with van der Waals surface area (Å²) in [5, 5.41) is 2.80. The quantitative estimate of drug-likeness (QED) is 0.698. The fourth-order valence-electron chi connectivity index (χ4n) is 4.18. The molecule has 0 radical (unpaired) electrons. The number of hydrogen-bond acceptors (Lipinski definition) is 6. The van der Waals surface area contributed by atoms with Crippen LogP contribution in [0.2, 0.25) is 0 Å². The number of nitrogens with one attached hydrogen (secondary N) is 1. The molecule has 0 aliphatic carbocycles. The third-order valence-electron chi connectivity index (χ3n) is 5.93. The molecule has 2 fully saturated rings. The summed E-state index contributed by atoms with van der Waals surface area (Å²) in [7, 11) is -3.69. The number of ether oxygens (including phenoxy) is 2. The molecular weight excluding hydrogens is 422 g/mol. The number of carbonyl (C=O) groups excluding carboxylic acids is 2. The molecule has 0 unspecified atom stereocenters. The molecule has 10 heteroatoms. The zero-order valence-electron chi connectivity index (χ0n) is 17.5. The van der Waals surface area contributed by atoms with Crippen LogP contribution in [0.1, 0.15) is 38.5 Å². The topological polar surface area (TPSA) is 105 Å². The van der Waals surface area contributed by atoms with Gasteiger partial charge in [0.2, 0.25) is 15.9 Å². The number of carbonyl (C=O) groups is 2. The Bertz CT molecular complexity index is 921. The lowest BCUT2D eigenvalue weighted by molar-refractivity contribution is -0.125. The van der Waals surface area contributed by atoms with E-state index in [2.05, 4.69) is 5.32 Å². The van der Waals surface area contributed by atoms with Gasteiger partial charge in [-0.2, -0.15) is 4.31 Å². The number of fused-ring (bicyclic) bond motifs is 1. The predicted octanol–water partition coefficient (Wildman–Crippen LogP) is 1.27. The molecule has 0 saturated carbocycles. The highest BCUT2D eigenvalue weighted by molar-refractivity contribution is 7.89. The Morgan fingerprint density at radius 1 is 1.13 bits per heavy atom. The Morgan fingerprint density at radius 3 is 2.61 bits per heavy atom. The van der Waals surface area contributed by atoms with Gasteiger partial charge in [-0.15, -0.1) is 0 Å². The van der Waals surface area contributed by atoms with Gasteiger partial charge in [0.25, 0.3) is 5.91 Å². The molecule has 0 bridgehead atoms. The number of nitrogens with zero attached hydrogens (tertiary/aromatic N) is 2. The first-order valence-electron chi connectivity index (χ1n) is 10.9. The number of anilines is 1. The van der Waals surface area contributed by atoms with Crippen LogP contribution in [-0.2, 0) is 24.3 Å². The molecule has 1 N–H and O–H groups in total. The minimum absolute atomic E-state index is 0.00185. The van der Waals surface area contributed by atoms with Crippen LogP contribution in [0.3, 0.4) is 0 Å². The van der Waals surface area contributed by atoms with Gasteiger partial charge in [-0.1, -0.05) is 12.8 Å². The fraction of sp³-hybridized carbons (Fsp3) is 0.619. The summed E-state index contributed by atoms with van der Waals surface area (Å²) >= 11 is 0. The van der Waals surface area contributed by atoms with Gasteiger partial charge in [-0.05, 0) is 43.9 Å². The Labute approximate surface area is 182 Å². The maximum Gasteiger partial charge on any atom is 0.265 e. The molecule has 1 aromatic carbocycles. The molecule has 1 atom stereocenters. The number of amides is 2. The Kier molecular flexibility index (Phi) is 6.78. The van der Waals surface area contributed by atoms with Crippen molar-refractivity contribution in [2.24, 2.45) is 0 Å². The van der Waals surface area contributed by atoms with Crippen molar-refractivity contribution < 1.29 is 27.5 Å². The summed E-state index contributed by atoms with van der Waals surface area (Å²) < 4.78 is 38.8. The predicted molar refractivity (Wildman–Crippen MR) is 114 cm³/mol. The van der Waals surface area contributed by atoms with Crippen LogP contribution in [0.15, 0.2) is 23.1 Å². The summed E-state index contributed by atoms with van der Waals surface area (Å²) in [5.41, 5.74) is 0.305. The fourth-order valence-corrected chi connectivity index (χ4v) is 5.72. The highest BCUT2D eigenvalue weighted by atomic mass is 32.2. The van der Waals surface area contributed by atoms with E-state index in [0.717, 1.165) is 38.5 Å². The van der Waals surface area contributed by atoms with Crippen molar-refractivity contribution in [1.29, 1.82) is 0 Å². The third kappa shape index (κ3) is 5.02. The first kappa shape index (κ1) is 22.0. The molecule has 2 amide bonds. The second-order valence-corrected chi connectivity index (χ2v) is 10.1. The van der Waals surface area contributed by atoms with Crippen molar-refractivity contribution in [3.05, 3.63) is 18.2 Å². The van der Waals surface area contributed by atoms with E-state index < -0.39 is 10.0 Å². The summed E-state index contributed by atoms with van der Waals surface area (Å²) in [6.07, 6.45) is 5.59. The molecule has 31 heavy (non-hydrogen) atoms. The third-order valence-corrected chi connectivity index (χ3v) is 7.82. The largest absolute Gasteiger partial charge is 0.482 e. The van der Waals surface area contributed by atoms with Crippen molar-refractivity contribution in [3.63, 3.8) is 0 Å². The van der Waals surface area contributed by atoms with E-state index in [1.54, 1.807) is 6.07 Å². The van der Waals surface area contributed by atoms with E-state index in [-0.39, 0.29) is 36.0 Å². The summed E-state index contributed by atoms with van der Waals surface area (Å²) in [5.74, 6) is -0.317. The van der Waals surface area contributed by atoms with E-state index in [1.165, 1.54) is 21.3 Å². The normalized spacial score (nSPS) is 22.5. The molecule has 0 spiro atoms. The zero-order valence-corrected chi connectivity index (χ0v) is 18.4. The molecule has 170 valence electrons. The lowest BCUT2D eigenvalue weighted by Crippen LogP contribution is -2.46. The van der Waals surface area contributed by atoms with Crippen LogP contribution in [0, 0.1) is 0 Å². The van der Waals surface area contributed by atoms with Crippen LogP contribution >= 0.6 is 0 Å². The van der Waals surface area contributed by atoms with Crippen LogP contribution < -0.4 is 15.0 Å². The van der Waals surface area contributed by atoms with Gasteiger partial charge in [-0.25, -0.2) is 8.42 Å². The molecule has 9 nitrogen and oxygen atoms in total. The Hall–Kier alpha value is -2.17. The molecule has 3 aliphatic rings. The molecular formula is C21H29N3O6S. The zero-order chi connectivity index (χ0) is 21.8. The smallest absolute Gasteiger partial charge is 0.265 e. The maximum absolute atomic E-state index is 13.2. The van der Waals surface area contributed by atoms with Crippen LogP contribution in [0.4, 0.5) is 5.69 Å². The molecule has 0 aromatic heterocycles. The Balaban J connectivity index is 1.52. The van der Waals surface area contributed by atoms with Crippen molar-refractivity contribution in [1.82, 2.24) is 9.62 Å². The van der Waals surface area contributed by atoms with E-state index in [4.69, 9.17) is 9.47 Å². The average Bonchev–Trinajstić information content (AvgIpc) is 3.13. The van der Waals surface area contributed by atoms with E-state index in [0.29, 0.717) is 37.7 Å².